The van der Waals surface area contributed by atoms with E-state index in [-0.39, 0.29) is 47.5 Å². The molecule has 228 valence electrons. The number of aryl methyl sites for hydroxylation is 2. The molecule has 0 aliphatic carbocycles. The molecule has 4 aromatic carbocycles. The zero-order valence-electron chi connectivity index (χ0n) is 25.4. The molecule has 6 nitrogen and oxygen atoms in total. The standard InChI is InChI=1S/2C17H22O3S.Ca/c2*1-2-3-4-5-6-9-14-12-13-17(21(18,19)20)16-11-8-7-10-15(14)16;/h2*7-8,10-13H,2-6,9H2,1H3,(H,18,19,20);/q;;+2/p-2. The Morgan fingerprint density at radius 3 is 1.12 bits per heavy atom. The average molecular weight is 651 g/mol. The summed E-state index contributed by atoms with van der Waals surface area (Å²) in [5.41, 5.74) is 2.24. The number of benzene rings is 4. The fraction of sp³-hybridized carbons (Fsp3) is 0.412. The molecule has 0 heterocycles. The van der Waals surface area contributed by atoms with Crippen molar-refractivity contribution in [3.63, 3.8) is 0 Å². The van der Waals surface area contributed by atoms with Crippen molar-refractivity contribution in [3.05, 3.63) is 83.9 Å². The van der Waals surface area contributed by atoms with Crippen LogP contribution in [0.15, 0.2) is 82.6 Å². The van der Waals surface area contributed by atoms with Gasteiger partial charge in [0.2, 0.25) is 0 Å². The van der Waals surface area contributed by atoms with Crippen molar-refractivity contribution in [2.75, 3.05) is 0 Å². The van der Waals surface area contributed by atoms with Crippen LogP contribution < -0.4 is 0 Å². The molecule has 0 aromatic heterocycles. The molecule has 0 saturated heterocycles. The number of rotatable bonds is 14. The summed E-state index contributed by atoms with van der Waals surface area (Å²) in [6, 6.07) is 21.0. The van der Waals surface area contributed by atoms with Gasteiger partial charge in [0.05, 0.1) is 9.79 Å². The van der Waals surface area contributed by atoms with Gasteiger partial charge in [-0.05, 0) is 70.5 Å². The summed E-state index contributed by atoms with van der Waals surface area (Å²) >= 11 is 0. The van der Waals surface area contributed by atoms with Crippen molar-refractivity contribution >= 4 is 79.5 Å². The fourth-order valence-electron chi connectivity index (χ4n) is 5.38. The van der Waals surface area contributed by atoms with Crippen molar-refractivity contribution in [1.82, 2.24) is 0 Å². The Morgan fingerprint density at radius 2 is 0.791 bits per heavy atom. The van der Waals surface area contributed by atoms with Gasteiger partial charge in [0.1, 0.15) is 20.2 Å². The molecular formula is C34H42CaO6S2. The minimum absolute atomic E-state index is 0. The van der Waals surface area contributed by atoms with E-state index in [4.69, 9.17) is 0 Å². The van der Waals surface area contributed by atoms with Crippen LogP contribution in [-0.2, 0) is 33.1 Å². The SMILES string of the molecule is CCCCCCCc1ccc(S(=O)(=O)[O-])c2ccccc12.CCCCCCCc1ccc(S(=O)(=O)[O-])c2ccccc12.[Ca+2]. The topological polar surface area (TPSA) is 114 Å². The quantitative estimate of drug-likeness (QED) is 0.0773. The van der Waals surface area contributed by atoms with E-state index in [0.29, 0.717) is 10.8 Å². The molecule has 0 saturated carbocycles. The Kier molecular flexibility index (Phi) is 16.2. The smallest absolute Gasteiger partial charge is 0.744 e. The van der Waals surface area contributed by atoms with Crippen LogP contribution in [0.3, 0.4) is 0 Å². The molecule has 9 heteroatoms. The van der Waals surface area contributed by atoms with E-state index >= 15 is 0 Å². The first kappa shape index (κ1) is 37.7. The molecule has 0 radical (unpaired) electrons. The zero-order valence-corrected chi connectivity index (χ0v) is 29.2. The maximum absolute atomic E-state index is 11.3. The molecule has 0 atom stereocenters. The van der Waals surface area contributed by atoms with Gasteiger partial charge in [0.25, 0.3) is 0 Å². The third-order valence-electron chi connectivity index (χ3n) is 7.59. The number of hydrogen-bond acceptors (Lipinski definition) is 6. The normalized spacial score (nSPS) is 11.6. The third kappa shape index (κ3) is 11.4. The first-order chi connectivity index (χ1) is 20.1. The summed E-state index contributed by atoms with van der Waals surface area (Å²) in [5, 5.41) is 2.84. The molecule has 0 amide bonds. The van der Waals surface area contributed by atoms with Gasteiger partial charge in [-0.25, -0.2) is 16.8 Å². The third-order valence-corrected chi connectivity index (χ3v) is 9.38. The molecule has 43 heavy (non-hydrogen) atoms. The van der Waals surface area contributed by atoms with Crippen molar-refractivity contribution in [2.24, 2.45) is 0 Å². The Hall–Kier alpha value is -1.52. The Bertz CT molecular complexity index is 1540. The van der Waals surface area contributed by atoms with Crippen LogP contribution in [0.2, 0.25) is 0 Å². The van der Waals surface area contributed by atoms with Crippen LogP contribution >= 0.6 is 0 Å². The van der Waals surface area contributed by atoms with E-state index in [1.54, 1.807) is 36.4 Å². The summed E-state index contributed by atoms with van der Waals surface area (Å²) in [6.45, 7) is 4.38. The molecule has 0 spiro atoms. The van der Waals surface area contributed by atoms with Gasteiger partial charge in [-0.15, -0.1) is 0 Å². The largest absolute Gasteiger partial charge is 2.00 e. The molecule has 0 aliphatic heterocycles. The van der Waals surface area contributed by atoms with Crippen LogP contribution in [0.4, 0.5) is 0 Å². The van der Waals surface area contributed by atoms with Gasteiger partial charge >= 0.3 is 37.7 Å². The molecule has 0 N–H and O–H groups in total. The van der Waals surface area contributed by atoms with Crippen molar-refractivity contribution in [2.45, 2.75) is 101 Å². The first-order valence-electron chi connectivity index (χ1n) is 15.0. The molecule has 0 unspecified atom stereocenters. The zero-order chi connectivity index (χ0) is 30.6. The number of fused-ring (bicyclic) bond motifs is 2. The summed E-state index contributed by atoms with van der Waals surface area (Å²) < 4.78 is 68.0. The number of hydrogen-bond donors (Lipinski definition) is 0. The molecule has 0 fully saturated rings. The Labute approximate surface area is 287 Å². The van der Waals surface area contributed by atoms with Crippen molar-refractivity contribution in [3.8, 4) is 0 Å². The number of unbranched alkanes of at least 4 members (excludes halogenated alkanes) is 8. The van der Waals surface area contributed by atoms with Crippen molar-refractivity contribution < 1.29 is 25.9 Å². The van der Waals surface area contributed by atoms with Gasteiger partial charge < -0.3 is 9.11 Å². The second kappa shape index (κ2) is 18.4. The van der Waals surface area contributed by atoms with Gasteiger partial charge in [-0.3, -0.25) is 0 Å². The van der Waals surface area contributed by atoms with E-state index in [0.717, 1.165) is 47.6 Å². The van der Waals surface area contributed by atoms with Gasteiger partial charge in [-0.2, -0.15) is 0 Å². The summed E-state index contributed by atoms with van der Waals surface area (Å²) in [5.74, 6) is 0. The van der Waals surface area contributed by atoms with E-state index in [2.05, 4.69) is 13.8 Å². The predicted molar refractivity (Wildman–Crippen MR) is 175 cm³/mol. The van der Waals surface area contributed by atoms with Crippen molar-refractivity contribution in [1.29, 1.82) is 0 Å². The maximum atomic E-state index is 11.3. The van der Waals surface area contributed by atoms with E-state index in [9.17, 15) is 25.9 Å². The average Bonchev–Trinajstić information content (AvgIpc) is 2.96. The predicted octanol–water partition coefficient (Wildman–Crippen LogP) is 8.13. The summed E-state index contributed by atoms with van der Waals surface area (Å²) in [4.78, 5) is -0.235. The summed E-state index contributed by atoms with van der Waals surface area (Å²) in [6.07, 6.45) is 13.8. The van der Waals surface area contributed by atoms with E-state index < -0.39 is 20.2 Å². The minimum Gasteiger partial charge on any atom is -0.744 e. The fourth-order valence-corrected chi connectivity index (χ4v) is 6.74. The van der Waals surface area contributed by atoms with Gasteiger partial charge in [0.15, 0.2) is 0 Å². The minimum atomic E-state index is -4.43. The Balaban J connectivity index is 0.000000293. The summed E-state index contributed by atoms with van der Waals surface area (Å²) in [7, 11) is -8.86. The van der Waals surface area contributed by atoms with Crippen LogP contribution in [0.5, 0.6) is 0 Å². The molecule has 4 aromatic rings. The Morgan fingerprint density at radius 1 is 0.465 bits per heavy atom. The molecule has 0 aliphatic rings. The second-order valence-corrected chi connectivity index (χ2v) is 13.5. The van der Waals surface area contributed by atoms with Crippen LogP contribution in [0.1, 0.15) is 89.2 Å². The van der Waals surface area contributed by atoms with E-state index in [1.165, 1.54) is 63.5 Å². The van der Waals surface area contributed by atoms with Crippen LogP contribution in [0.25, 0.3) is 21.5 Å². The molecule has 4 rings (SSSR count). The van der Waals surface area contributed by atoms with Gasteiger partial charge in [0, 0.05) is 0 Å². The molecular weight excluding hydrogens is 609 g/mol. The van der Waals surface area contributed by atoms with Crippen LogP contribution in [0, 0.1) is 0 Å². The monoisotopic (exact) mass is 650 g/mol. The second-order valence-electron chi connectivity index (χ2n) is 10.8. The molecule has 0 bridgehead atoms. The van der Waals surface area contributed by atoms with Gasteiger partial charge in [-0.1, -0.05) is 126 Å². The maximum Gasteiger partial charge on any atom is 2.00 e. The van der Waals surface area contributed by atoms with Crippen LogP contribution in [-0.4, -0.2) is 63.7 Å². The van der Waals surface area contributed by atoms with E-state index in [1.807, 2.05) is 24.3 Å². The first-order valence-corrected chi connectivity index (χ1v) is 17.8.